The standard InChI is InChI=1S/C21H29NO5/c1-5-7-17(22-27-6-2)20-18(23)12-16(13-19(20)24)14-8-10-15(11-9-14)21(25-3)26-4/h8-11,16,21,23H,5-7,12-13H2,1-4H3/b22-17+. The summed E-state index contributed by atoms with van der Waals surface area (Å²) in [6, 6.07) is 7.76. The fourth-order valence-corrected chi connectivity index (χ4v) is 3.35. The molecule has 0 radical (unpaired) electrons. The number of carbonyl (C=O) groups excluding carboxylic acids is 1. The van der Waals surface area contributed by atoms with Gasteiger partial charge in [0.15, 0.2) is 12.1 Å². The maximum absolute atomic E-state index is 12.7. The van der Waals surface area contributed by atoms with Gasteiger partial charge in [-0.25, -0.2) is 0 Å². The Labute approximate surface area is 160 Å². The minimum Gasteiger partial charge on any atom is -0.511 e. The predicted molar refractivity (Wildman–Crippen MR) is 104 cm³/mol. The lowest BCUT2D eigenvalue weighted by Crippen LogP contribution is -2.24. The molecule has 1 aliphatic carbocycles. The van der Waals surface area contributed by atoms with Gasteiger partial charge in [0, 0.05) is 32.6 Å². The summed E-state index contributed by atoms with van der Waals surface area (Å²) in [4.78, 5) is 17.9. The number of Topliss-reactive ketones (excluding diaryl/α,β-unsaturated/α-hetero) is 1. The first-order valence-corrected chi connectivity index (χ1v) is 9.35. The van der Waals surface area contributed by atoms with Gasteiger partial charge in [-0.3, -0.25) is 4.79 Å². The van der Waals surface area contributed by atoms with Gasteiger partial charge < -0.3 is 19.4 Å². The number of rotatable bonds is 9. The summed E-state index contributed by atoms with van der Waals surface area (Å²) in [5, 5.41) is 14.6. The van der Waals surface area contributed by atoms with Crippen LogP contribution in [0, 0.1) is 0 Å². The topological polar surface area (TPSA) is 77.3 Å². The molecule has 0 saturated carbocycles. The molecule has 0 spiro atoms. The van der Waals surface area contributed by atoms with Crippen LogP contribution in [0.1, 0.15) is 62.9 Å². The molecule has 1 N–H and O–H groups in total. The highest BCUT2D eigenvalue weighted by Gasteiger charge is 2.31. The third kappa shape index (κ3) is 5.17. The average Bonchev–Trinajstić information content (AvgIpc) is 2.67. The Kier molecular flexibility index (Phi) is 8.00. The molecule has 0 amide bonds. The third-order valence-corrected chi connectivity index (χ3v) is 4.63. The number of ether oxygens (including phenoxy) is 2. The normalized spacial score (nSPS) is 18.3. The van der Waals surface area contributed by atoms with Gasteiger partial charge in [0.2, 0.25) is 0 Å². The highest BCUT2D eigenvalue weighted by Crippen LogP contribution is 2.35. The Hall–Kier alpha value is -2.18. The van der Waals surface area contributed by atoms with Gasteiger partial charge >= 0.3 is 0 Å². The van der Waals surface area contributed by atoms with Crippen molar-refractivity contribution >= 4 is 11.5 Å². The highest BCUT2D eigenvalue weighted by molar-refractivity contribution is 6.23. The predicted octanol–water partition coefficient (Wildman–Crippen LogP) is 4.43. The molecular weight excluding hydrogens is 346 g/mol. The lowest BCUT2D eigenvalue weighted by atomic mass is 9.80. The first-order valence-electron chi connectivity index (χ1n) is 9.35. The molecule has 1 aromatic rings. The van der Waals surface area contributed by atoms with Gasteiger partial charge in [-0.05, 0) is 24.8 Å². The van der Waals surface area contributed by atoms with E-state index in [0.29, 0.717) is 37.2 Å². The van der Waals surface area contributed by atoms with E-state index in [9.17, 15) is 9.90 Å². The van der Waals surface area contributed by atoms with Crippen molar-refractivity contribution in [3.63, 3.8) is 0 Å². The summed E-state index contributed by atoms with van der Waals surface area (Å²) >= 11 is 0. The molecule has 148 valence electrons. The molecule has 0 aliphatic heterocycles. The molecule has 6 nitrogen and oxygen atoms in total. The summed E-state index contributed by atoms with van der Waals surface area (Å²) < 4.78 is 10.5. The van der Waals surface area contributed by atoms with E-state index in [2.05, 4.69) is 5.16 Å². The quantitative estimate of drug-likeness (QED) is 0.392. The number of hydrogen-bond donors (Lipinski definition) is 1. The number of ketones is 1. The lowest BCUT2D eigenvalue weighted by molar-refractivity contribution is -0.116. The molecular formula is C21H29NO5. The van der Waals surface area contributed by atoms with Crippen molar-refractivity contribution in [2.24, 2.45) is 5.16 Å². The maximum Gasteiger partial charge on any atom is 0.183 e. The molecule has 27 heavy (non-hydrogen) atoms. The van der Waals surface area contributed by atoms with E-state index in [1.54, 1.807) is 14.2 Å². The maximum atomic E-state index is 12.7. The Morgan fingerprint density at radius 3 is 2.37 bits per heavy atom. The molecule has 0 aromatic heterocycles. The fourth-order valence-electron chi connectivity index (χ4n) is 3.35. The Morgan fingerprint density at radius 2 is 1.85 bits per heavy atom. The number of carbonyl (C=O) groups is 1. The van der Waals surface area contributed by atoms with Crippen molar-refractivity contribution in [1.82, 2.24) is 0 Å². The van der Waals surface area contributed by atoms with Crippen LogP contribution in [-0.4, -0.2) is 37.4 Å². The van der Waals surface area contributed by atoms with Crippen molar-refractivity contribution in [2.45, 2.75) is 51.7 Å². The average molecular weight is 375 g/mol. The van der Waals surface area contributed by atoms with Gasteiger partial charge in [0.1, 0.15) is 12.4 Å². The van der Waals surface area contributed by atoms with Crippen molar-refractivity contribution in [3.05, 3.63) is 46.7 Å². The first kappa shape index (κ1) is 21.1. The summed E-state index contributed by atoms with van der Waals surface area (Å²) in [5.41, 5.74) is 2.78. The SMILES string of the molecule is CCC/C(=N\OCC)C1=C(O)CC(c2ccc(C(OC)OC)cc2)CC1=O. The molecule has 0 fully saturated rings. The van der Waals surface area contributed by atoms with Gasteiger partial charge in [0.25, 0.3) is 0 Å². The van der Waals surface area contributed by atoms with E-state index < -0.39 is 6.29 Å². The zero-order valence-electron chi connectivity index (χ0n) is 16.5. The molecule has 1 unspecified atom stereocenters. The third-order valence-electron chi connectivity index (χ3n) is 4.63. The van der Waals surface area contributed by atoms with E-state index in [1.165, 1.54) is 0 Å². The van der Waals surface area contributed by atoms with Gasteiger partial charge in [-0.15, -0.1) is 0 Å². The fraction of sp³-hybridized carbons (Fsp3) is 0.524. The van der Waals surface area contributed by atoms with Crippen LogP contribution < -0.4 is 0 Å². The van der Waals surface area contributed by atoms with Crippen LogP contribution in [0.25, 0.3) is 0 Å². The summed E-state index contributed by atoms with van der Waals surface area (Å²) in [6.45, 7) is 4.26. The molecule has 0 bridgehead atoms. The second-order valence-corrected chi connectivity index (χ2v) is 6.53. The van der Waals surface area contributed by atoms with Crippen LogP contribution in [0.4, 0.5) is 0 Å². The van der Waals surface area contributed by atoms with Crippen LogP contribution in [0.3, 0.4) is 0 Å². The Bertz CT molecular complexity index is 689. The van der Waals surface area contributed by atoms with E-state index in [0.717, 1.165) is 17.5 Å². The number of oxime groups is 1. The van der Waals surface area contributed by atoms with Gasteiger partial charge in [-0.1, -0.05) is 42.8 Å². The largest absolute Gasteiger partial charge is 0.511 e. The number of hydrogen-bond acceptors (Lipinski definition) is 6. The molecule has 1 aliphatic rings. The zero-order chi connectivity index (χ0) is 19.8. The molecule has 2 rings (SSSR count). The van der Waals surface area contributed by atoms with Crippen molar-refractivity contribution in [2.75, 3.05) is 20.8 Å². The van der Waals surface area contributed by atoms with E-state index in [-0.39, 0.29) is 17.5 Å². The van der Waals surface area contributed by atoms with E-state index >= 15 is 0 Å². The second-order valence-electron chi connectivity index (χ2n) is 6.53. The number of benzene rings is 1. The molecule has 0 saturated heterocycles. The Balaban J connectivity index is 2.22. The second kappa shape index (κ2) is 10.2. The van der Waals surface area contributed by atoms with E-state index in [1.807, 2.05) is 38.1 Å². The zero-order valence-corrected chi connectivity index (χ0v) is 16.5. The highest BCUT2D eigenvalue weighted by atomic mass is 16.7. The van der Waals surface area contributed by atoms with Gasteiger partial charge in [-0.2, -0.15) is 0 Å². The minimum atomic E-state index is -0.418. The Morgan fingerprint density at radius 1 is 1.19 bits per heavy atom. The van der Waals surface area contributed by atoms with E-state index in [4.69, 9.17) is 14.3 Å². The molecule has 0 heterocycles. The van der Waals surface area contributed by atoms with Crippen LogP contribution >= 0.6 is 0 Å². The smallest absolute Gasteiger partial charge is 0.183 e. The summed E-state index contributed by atoms with van der Waals surface area (Å²) in [7, 11) is 3.17. The number of allylic oxidation sites excluding steroid dienone is 2. The number of aliphatic hydroxyl groups excluding tert-OH is 1. The van der Waals surface area contributed by atoms with Crippen LogP contribution in [0.15, 0.2) is 40.8 Å². The van der Waals surface area contributed by atoms with Crippen molar-refractivity contribution < 1.29 is 24.2 Å². The number of nitrogens with zero attached hydrogens (tertiary/aromatic N) is 1. The molecule has 1 atom stereocenters. The van der Waals surface area contributed by atoms with Gasteiger partial charge in [0.05, 0.1) is 11.3 Å². The molecule has 6 heteroatoms. The number of aliphatic hydroxyl groups is 1. The molecule has 1 aromatic carbocycles. The summed E-state index contributed by atoms with van der Waals surface area (Å²) in [6.07, 6.45) is 1.75. The lowest BCUT2D eigenvalue weighted by Gasteiger charge is -2.24. The van der Waals surface area contributed by atoms with Crippen LogP contribution in [0.2, 0.25) is 0 Å². The summed E-state index contributed by atoms with van der Waals surface area (Å²) in [5.74, 6) is -0.0564. The first-order chi connectivity index (χ1) is 13.0. The van der Waals surface area contributed by atoms with Crippen LogP contribution in [-0.2, 0) is 19.1 Å². The monoisotopic (exact) mass is 375 g/mol. The minimum absolute atomic E-state index is 0.0613. The van der Waals surface area contributed by atoms with Crippen molar-refractivity contribution in [1.29, 1.82) is 0 Å². The van der Waals surface area contributed by atoms with Crippen LogP contribution in [0.5, 0.6) is 0 Å². The number of methoxy groups -OCH3 is 2. The van der Waals surface area contributed by atoms with Crippen molar-refractivity contribution in [3.8, 4) is 0 Å².